The summed E-state index contributed by atoms with van der Waals surface area (Å²) in [6, 6.07) is 0. The van der Waals surface area contributed by atoms with Crippen LogP contribution in [0.25, 0.3) is 0 Å². The molecule has 0 N–H and O–H groups in total. The van der Waals surface area contributed by atoms with Crippen molar-refractivity contribution < 1.29 is 4.74 Å². The van der Waals surface area contributed by atoms with Crippen molar-refractivity contribution in [3.63, 3.8) is 0 Å². The Morgan fingerprint density at radius 1 is 1.67 bits per heavy atom. The molecule has 0 saturated heterocycles. The molecule has 0 saturated carbocycles. The van der Waals surface area contributed by atoms with Crippen LogP contribution in [0.15, 0.2) is 6.08 Å². The average Bonchev–Trinajstić information content (AvgIpc) is 1.72. The molecule has 1 aliphatic heterocycles. The van der Waals surface area contributed by atoms with Crippen LogP contribution in [0.5, 0.6) is 0 Å². The van der Waals surface area contributed by atoms with Crippen molar-refractivity contribution in [1.82, 2.24) is 0 Å². The number of hydrogen-bond acceptors (Lipinski definition) is 1. The summed E-state index contributed by atoms with van der Waals surface area (Å²) in [5, 5.41) is 0. The van der Waals surface area contributed by atoms with Gasteiger partial charge in [0.05, 0.1) is 13.2 Å². The van der Waals surface area contributed by atoms with E-state index in [2.05, 4.69) is 6.08 Å². The molecule has 1 nitrogen and oxygen atoms in total. The Bertz CT molecular complexity index is 49.0. The van der Waals surface area contributed by atoms with E-state index < -0.39 is 0 Å². The van der Waals surface area contributed by atoms with Crippen LogP contribution in [0.1, 0.15) is 6.42 Å². The van der Waals surface area contributed by atoms with Crippen molar-refractivity contribution in [2.75, 3.05) is 13.2 Å². The van der Waals surface area contributed by atoms with Gasteiger partial charge in [0.1, 0.15) is 0 Å². The van der Waals surface area contributed by atoms with Crippen LogP contribution in [0.2, 0.25) is 0 Å². The maximum Gasteiger partial charge on any atom is 0.0717 e. The molecule has 1 radical (unpaired) electrons. The van der Waals surface area contributed by atoms with Gasteiger partial charge in [0.2, 0.25) is 0 Å². The second-order valence-electron chi connectivity index (χ2n) is 1.25. The van der Waals surface area contributed by atoms with Crippen molar-refractivity contribution >= 4 is 0 Å². The Morgan fingerprint density at radius 3 is 2.83 bits per heavy atom. The Hall–Kier alpha value is -0.300. The van der Waals surface area contributed by atoms with E-state index in [9.17, 15) is 0 Å². The summed E-state index contributed by atoms with van der Waals surface area (Å²) in [5.74, 6) is 0. The molecule has 0 fully saturated rings. The molecule has 6 heavy (non-hydrogen) atoms. The van der Waals surface area contributed by atoms with Gasteiger partial charge in [-0.1, -0.05) is 6.08 Å². The molecule has 1 rings (SSSR count). The minimum Gasteiger partial charge on any atom is -0.376 e. The Labute approximate surface area is 37.6 Å². The fraction of sp³-hybridized carbons (Fsp3) is 0.600. The summed E-state index contributed by atoms with van der Waals surface area (Å²) in [7, 11) is 0. The van der Waals surface area contributed by atoms with Crippen LogP contribution in [0, 0.1) is 6.08 Å². The van der Waals surface area contributed by atoms with Crippen LogP contribution in [-0.4, -0.2) is 13.2 Å². The predicted molar refractivity (Wildman–Crippen MR) is 23.2 cm³/mol. The van der Waals surface area contributed by atoms with Crippen molar-refractivity contribution in [2.45, 2.75) is 6.42 Å². The molecule has 0 aromatic heterocycles. The van der Waals surface area contributed by atoms with Crippen LogP contribution < -0.4 is 0 Å². The third-order valence-electron chi connectivity index (χ3n) is 0.736. The van der Waals surface area contributed by atoms with Gasteiger partial charge >= 0.3 is 0 Å². The summed E-state index contributed by atoms with van der Waals surface area (Å²) >= 11 is 0. The van der Waals surface area contributed by atoms with E-state index >= 15 is 0 Å². The molecular weight excluding hydrogens is 76.1 g/mol. The van der Waals surface area contributed by atoms with Gasteiger partial charge in [-0.05, 0) is 12.5 Å². The number of rotatable bonds is 0. The van der Waals surface area contributed by atoms with Gasteiger partial charge in [0.25, 0.3) is 0 Å². The molecule has 0 amide bonds. The van der Waals surface area contributed by atoms with Crippen molar-refractivity contribution in [2.24, 2.45) is 0 Å². The van der Waals surface area contributed by atoms with E-state index in [1.807, 2.05) is 6.08 Å². The van der Waals surface area contributed by atoms with E-state index in [4.69, 9.17) is 4.74 Å². The molecule has 0 atom stereocenters. The van der Waals surface area contributed by atoms with Crippen LogP contribution >= 0.6 is 0 Å². The fourth-order valence-corrected chi connectivity index (χ4v) is 0.434. The van der Waals surface area contributed by atoms with Gasteiger partial charge < -0.3 is 4.74 Å². The topological polar surface area (TPSA) is 9.23 Å². The lowest BCUT2D eigenvalue weighted by atomic mass is 10.3. The second-order valence-corrected chi connectivity index (χ2v) is 1.25. The highest BCUT2D eigenvalue weighted by atomic mass is 16.5. The third-order valence-corrected chi connectivity index (χ3v) is 0.736. The zero-order valence-corrected chi connectivity index (χ0v) is 3.61. The first-order valence-corrected chi connectivity index (χ1v) is 2.13. The summed E-state index contributed by atoms with van der Waals surface area (Å²) in [4.78, 5) is 0. The molecule has 0 aromatic carbocycles. The van der Waals surface area contributed by atoms with E-state index in [0.717, 1.165) is 13.0 Å². The minimum atomic E-state index is 0.694. The monoisotopic (exact) mass is 83.0 g/mol. The Morgan fingerprint density at radius 2 is 2.67 bits per heavy atom. The highest BCUT2D eigenvalue weighted by Gasteiger charge is 1.86. The van der Waals surface area contributed by atoms with Crippen LogP contribution in [0.4, 0.5) is 0 Å². The smallest absolute Gasteiger partial charge is 0.0717 e. The molecule has 0 spiro atoms. The molecule has 0 aromatic rings. The third kappa shape index (κ3) is 0.830. The molecule has 33 valence electrons. The molecule has 0 bridgehead atoms. The molecule has 0 unspecified atom stereocenters. The first-order chi connectivity index (χ1) is 3.00. The standard InChI is InChI=1S/C5H7O/c1-2-4-6-5-3-1/h1H,2,4-5H2. The summed E-state index contributed by atoms with van der Waals surface area (Å²) in [5.41, 5.74) is 0. The van der Waals surface area contributed by atoms with E-state index in [1.54, 1.807) is 0 Å². The van der Waals surface area contributed by atoms with Gasteiger partial charge in [-0.2, -0.15) is 0 Å². The summed E-state index contributed by atoms with van der Waals surface area (Å²) in [6.07, 6.45) is 6.00. The van der Waals surface area contributed by atoms with E-state index in [0.29, 0.717) is 6.61 Å². The minimum absolute atomic E-state index is 0.694. The average molecular weight is 83.1 g/mol. The van der Waals surface area contributed by atoms with Crippen molar-refractivity contribution in [3.8, 4) is 0 Å². The highest BCUT2D eigenvalue weighted by Crippen LogP contribution is 1.90. The molecule has 0 aliphatic carbocycles. The molecule has 1 aliphatic rings. The number of hydrogen-bond donors (Lipinski definition) is 0. The maximum atomic E-state index is 4.93. The fourth-order valence-electron chi connectivity index (χ4n) is 0.434. The van der Waals surface area contributed by atoms with Gasteiger partial charge in [-0.25, -0.2) is 0 Å². The molecule has 1 heterocycles. The first kappa shape index (κ1) is 3.88. The summed E-state index contributed by atoms with van der Waals surface area (Å²) in [6.45, 7) is 1.58. The molecular formula is C5H7O. The quantitative estimate of drug-likeness (QED) is 0.420. The van der Waals surface area contributed by atoms with Gasteiger partial charge in [0.15, 0.2) is 0 Å². The first-order valence-electron chi connectivity index (χ1n) is 2.13. The lowest BCUT2D eigenvalue weighted by Crippen LogP contribution is -1.97. The zero-order valence-electron chi connectivity index (χ0n) is 3.61. The van der Waals surface area contributed by atoms with Crippen LogP contribution in [0.3, 0.4) is 0 Å². The lowest BCUT2D eigenvalue weighted by molar-refractivity contribution is 0.154. The Kier molecular flexibility index (Phi) is 1.28. The van der Waals surface area contributed by atoms with Gasteiger partial charge in [0, 0.05) is 0 Å². The molecule has 1 heteroatoms. The summed E-state index contributed by atoms with van der Waals surface area (Å²) < 4.78 is 4.93. The van der Waals surface area contributed by atoms with Crippen LogP contribution in [-0.2, 0) is 4.74 Å². The zero-order chi connectivity index (χ0) is 4.24. The van der Waals surface area contributed by atoms with E-state index in [-0.39, 0.29) is 0 Å². The van der Waals surface area contributed by atoms with Gasteiger partial charge in [-0.15, -0.1) is 0 Å². The largest absolute Gasteiger partial charge is 0.376 e. The van der Waals surface area contributed by atoms with Crippen molar-refractivity contribution in [1.29, 1.82) is 0 Å². The predicted octanol–water partition coefficient (Wildman–Crippen LogP) is 0.766. The van der Waals surface area contributed by atoms with E-state index in [1.165, 1.54) is 0 Å². The highest BCUT2D eigenvalue weighted by molar-refractivity contribution is 4.76. The number of ether oxygens (including phenoxy) is 1. The SMILES string of the molecule is [C]1=CCCOC1. The maximum absolute atomic E-state index is 4.93. The second kappa shape index (κ2) is 1.98. The van der Waals surface area contributed by atoms with Crippen molar-refractivity contribution in [3.05, 3.63) is 12.2 Å². The Balaban J connectivity index is 2.26. The van der Waals surface area contributed by atoms with Gasteiger partial charge in [-0.3, -0.25) is 0 Å². The normalized spacial score (nSPS) is 21.3. The lowest BCUT2D eigenvalue weighted by Gasteiger charge is -2.00.